The smallest absolute Gasteiger partial charge is 0.187 e. The number of nitrogens with zero attached hydrogens (tertiary/aromatic N) is 1. The molecule has 0 atom stereocenters. The highest BCUT2D eigenvalue weighted by Crippen LogP contribution is 2.26. The van der Waals surface area contributed by atoms with E-state index >= 15 is 0 Å². The highest BCUT2D eigenvalue weighted by atomic mass is 32.1. The van der Waals surface area contributed by atoms with Crippen LogP contribution < -0.4 is 20.4 Å². The number of rotatable bonds is 6. The van der Waals surface area contributed by atoms with Gasteiger partial charge in [0, 0.05) is 5.56 Å². The Kier molecular flexibility index (Phi) is 6.76. The van der Waals surface area contributed by atoms with Crippen molar-refractivity contribution < 1.29 is 14.4 Å². The molecule has 26 heavy (non-hydrogen) atoms. The van der Waals surface area contributed by atoms with Crippen molar-refractivity contribution in [1.82, 2.24) is 10.7 Å². The fourth-order valence-electron chi connectivity index (χ4n) is 3.04. The lowest BCUT2D eigenvalue weighted by atomic mass is 10.0. The van der Waals surface area contributed by atoms with Crippen LogP contribution in [0.25, 0.3) is 10.8 Å². The van der Waals surface area contributed by atoms with Gasteiger partial charge in [-0.1, -0.05) is 30.3 Å². The van der Waals surface area contributed by atoms with Crippen molar-refractivity contribution in [3.63, 3.8) is 0 Å². The van der Waals surface area contributed by atoms with Gasteiger partial charge in [0.05, 0.1) is 39.6 Å². The van der Waals surface area contributed by atoms with E-state index in [9.17, 15) is 0 Å². The number of fused-ring (bicyclic) bond motifs is 1. The molecule has 1 heterocycles. The number of ether oxygens (including phenoxy) is 2. The van der Waals surface area contributed by atoms with Crippen LogP contribution in [0.5, 0.6) is 5.75 Å². The largest absolute Gasteiger partial charge is 0.496 e. The predicted octanol–water partition coefficient (Wildman–Crippen LogP) is 0.562. The third-order valence-corrected chi connectivity index (χ3v) is 4.71. The van der Waals surface area contributed by atoms with Crippen molar-refractivity contribution in [2.75, 3.05) is 46.5 Å². The number of quaternary nitrogens is 1. The quantitative estimate of drug-likeness (QED) is 0.393. The van der Waals surface area contributed by atoms with E-state index in [1.54, 1.807) is 13.3 Å². The van der Waals surface area contributed by atoms with Gasteiger partial charge in [-0.15, -0.1) is 0 Å². The number of hydrogen-bond acceptors (Lipinski definition) is 4. The summed E-state index contributed by atoms with van der Waals surface area (Å²) in [6.45, 7) is 5.63. The lowest BCUT2D eigenvalue weighted by Gasteiger charge is -2.23. The Morgan fingerprint density at radius 3 is 2.88 bits per heavy atom. The van der Waals surface area contributed by atoms with Crippen molar-refractivity contribution in [1.29, 1.82) is 0 Å². The van der Waals surface area contributed by atoms with Crippen LogP contribution in [0, 0.1) is 0 Å². The second-order valence-electron chi connectivity index (χ2n) is 6.14. The van der Waals surface area contributed by atoms with E-state index in [1.165, 1.54) is 4.90 Å². The normalized spacial score (nSPS) is 15.3. The van der Waals surface area contributed by atoms with Gasteiger partial charge in [-0.2, -0.15) is 5.10 Å². The molecule has 7 heteroatoms. The third kappa shape index (κ3) is 4.91. The Morgan fingerprint density at radius 1 is 1.27 bits per heavy atom. The standard InChI is InChI=1S/C19H24N4O2S/c1-24-18-7-6-15-4-2-3-5-16(15)17(18)14-21-22-19(26)20-8-9-23-10-12-25-13-11-23/h2-7,14H,8-13H2,1H3,(H2,20,22,26)/p+1/b21-14-. The van der Waals surface area contributed by atoms with E-state index in [0.717, 1.165) is 61.5 Å². The summed E-state index contributed by atoms with van der Waals surface area (Å²) < 4.78 is 10.8. The maximum Gasteiger partial charge on any atom is 0.187 e. The first-order chi connectivity index (χ1) is 12.8. The minimum absolute atomic E-state index is 0.521. The van der Waals surface area contributed by atoms with Crippen LogP contribution in [0.15, 0.2) is 41.5 Å². The molecule has 1 aliphatic rings. The van der Waals surface area contributed by atoms with Crippen molar-refractivity contribution in [2.45, 2.75) is 0 Å². The van der Waals surface area contributed by atoms with Crippen molar-refractivity contribution >= 4 is 34.3 Å². The van der Waals surface area contributed by atoms with Crippen LogP contribution in [0.4, 0.5) is 0 Å². The molecular formula is C19H25N4O2S+. The molecule has 2 aromatic rings. The molecule has 6 nitrogen and oxygen atoms in total. The Morgan fingerprint density at radius 2 is 2.08 bits per heavy atom. The summed E-state index contributed by atoms with van der Waals surface area (Å²) in [5, 5.41) is 10.2. The van der Waals surface area contributed by atoms with E-state index in [1.807, 2.05) is 24.3 Å². The van der Waals surface area contributed by atoms with E-state index in [2.05, 4.69) is 28.0 Å². The molecule has 2 aromatic carbocycles. The van der Waals surface area contributed by atoms with Crippen molar-refractivity contribution in [2.24, 2.45) is 5.10 Å². The van der Waals surface area contributed by atoms with Crippen LogP contribution in [0.1, 0.15) is 5.56 Å². The van der Waals surface area contributed by atoms with E-state index in [4.69, 9.17) is 21.7 Å². The summed E-state index contributed by atoms with van der Waals surface area (Å²) in [5.74, 6) is 0.782. The molecule has 1 saturated heterocycles. The van der Waals surface area contributed by atoms with Gasteiger partial charge in [0.15, 0.2) is 5.11 Å². The summed E-state index contributed by atoms with van der Waals surface area (Å²) in [7, 11) is 1.66. The SMILES string of the molecule is COc1ccc2ccccc2c1/C=N\NC(=S)NCC[NH+]1CCOCC1. The molecule has 0 aliphatic carbocycles. The Labute approximate surface area is 159 Å². The molecule has 3 rings (SSSR count). The third-order valence-electron chi connectivity index (χ3n) is 4.47. The molecule has 3 N–H and O–H groups in total. The van der Waals surface area contributed by atoms with Crippen LogP contribution in [-0.2, 0) is 4.74 Å². The minimum Gasteiger partial charge on any atom is -0.496 e. The summed E-state index contributed by atoms with van der Waals surface area (Å²) >= 11 is 5.29. The maximum atomic E-state index is 5.46. The average Bonchev–Trinajstić information content (AvgIpc) is 2.69. The second kappa shape index (κ2) is 9.47. The fraction of sp³-hybridized carbons (Fsp3) is 0.368. The summed E-state index contributed by atoms with van der Waals surface area (Å²) in [4.78, 5) is 1.54. The molecule has 0 aromatic heterocycles. The number of hydrogen-bond donors (Lipinski definition) is 3. The molecule has 0 unspecified atom stereocenters. The monoisotopic (exact) mass is 373 g/mol. The number of benzene rings is 2. The minimum atomic E-state index is 0.521. The maximum absolute atomic E-state index is 5.46. The van der Waals surface area contributed by atoms with Crippen LogP contribution >= 0.6 is 12.2 Å². The molecule has 0 radical (unpaired) electrons. The first-order valence-electron chi connectivity index (χ1n) is 8.82. The van der Waals surface area contributed by atoms with Gasteiger partial charge >= 0.3 is 0 Å². The zero-order chi connectivity index (χ0) is 18.2. The molecule has 0 spiro atoms. The number of nitrogens with one attached hydrogen (secondary N) is 3. The van der Waals surface area contributed by atoms with Gasteiger partial charge in [0.2, 0.25) is 0 Å². The van der Waals surface area contributed by atoms with Gasteiger partial charge in [-0.3, -0.25) is 5.43 Å². The molecule has 0 amide bonds. The van der Waals surface area contributed by atoms with Crippen LogP contribution in [-0.4, -0.2) is 57.8 Å². The first kappa shape index (κ1) is 18.6. The van der Waals surface area contributed by atoms with Crippen molar-refractivity contribution in [3.05, 3.63) is 42.0 Å². The number of hydrazone groups is 1. The molecular weight excluding hydrogens is 348 g/mol. The number of methoxy groups -OCH3 is 1. The molecule has 1 aliphatic heterocycles. The summed E-state index contributed by atoms with van der Waals surface area (Å²) in [6, 6.07) is 12.1. The van der Waals surface area contributed by atoms with E-state index < -0.39 is 0 Å². The second-order valence-corrected chi connectivity index (χ2v) is 6.55. The van der Waals surface area contributed by atoms with Crippen LogP contribution in [0.2, 0.25) is 0 Å². The fourth-order valence-corrected chi connectivity index (χ4v) is 3.20. The van der Waals surface area contributed by atoms with Gasteiger partial charge in [0.25, 0.3) is 0 Å². The molecule has 0 saturated carbocycles. The zero-order valence-corrected chi connectivity index (χ0v) is 15.8. The lowest BCUT2D eigenvalue weighted by molar-refractivity contribution is -0.906. The first-order valence-corrected chi connectivity index (χ1v) is 9.22. The highest BCUT2D eigenvalue weighted by molar-refractivity contribution is 7.80. The van der Waals surface area contributed by atoms with E-state index in [0.29, 0.717) is 5.11 Å². The number of morpholine rings is 1. The van der Waals surface area contributed by atoms with E-state index in [-0.39, 0.29) is 0 Å². The Hall–Kier alpha value is -2.22. The van der Waals surface area contributed by atoms with Crippen LogP contribution in [0.3, 0.4) is 0 Å². The predicted molar refractivity (Wildman–Crippen MR) is 108 cm³/mol. The van der Waals surface area contributed by atoms with Gasteiger partial charge < -0.3 is 19.7 Å². The van der Waals surface area contributed by atoms with Gasteiger partial charge in [-0.25, -0.2) is 0 Å². The van der Waals surface area contributed by atoms with Gasteiger partial charge in [-0.05, 0) is 29.1 Å². The molecule has 0 bridgehead atoms. The summed E-state index contributed by atoms with van der Waals surface area (Å²) in [6.07, 6.45) is 1.75. The van der Waals surface area contributed by atoms with Crippen molar-refractivity contribution in [3.8, 4) is 5.75 Å². The molecule has 1 fully saturated rings. The molecule has 138 valence electrons. The Balaban J connectivity index is 1.54. The highest BCUT2D eigenvalue weighted by Gasteiger charge is 2.12. The van der Waals surface area contributed by atoms with Gasteiger partial charge in [0.1, 0.15) is 18.8 Å². The zero-order valence-electron chi connectivity index (χ0n) is 15.0. The summed E-state index contributed by atoms with van der Waals surface area (Å²) in [5.41, 5.74) is 3.81. The Bertz CT molecular complexity index is 775. The number of thiocarbonyl (C=S) groups is 1. The topological polar surface area (TPSA) is 59.3 Å². The average molecular weight is 374 g/mol. The lowest BCUT2D eigenvalue weighted by Crippen LogP contribution is -3.14.